The average molecular weight is 274 g/mol. The van der Waals surface area contributed by atoms with Crippen LogP contribution in [0.1, 0.15) is 11.1 Å². The number of nitro benzene ring substituents is 1. The second kappa shape index (κ2) is 5.98. The number of nitrogens with two attached hydrogens (primary N) is 1. The Labute approximate surface area is 115 Å². The summed E-state index contributed by atoms with van der Waals surface area (Å²) >= 11 is 0. The van der Waals surface area contributed by atoms with Crippen molar-refractivity contribution < 1.29 is 9.66 Å². The summed E-state index contributed by atoms with van der Waals surface area (Å²) in [7, 11) is 0. The van der Waals surface area contributed by atoms with Crippen molar-refractivity contribution in [3.05, 3.63) is 57.8 Å². The predicted molar refractivity (Wildman–Crippen MR) is 74.2 cm³/mol. The monoisotopic (exact) mass is 274 g/mol. The Kier molecular flexibility index (Phi) is 4.11. The van der Waals surface area contributed by atoms with Crippen molar-refractivity contribution in [3.63, 3.8) is 0 Å². The van der Waals surface area contributed by atoms with Crippen LogP contribution in [-0.2, 0) is 6.61 Å². The summed E-state index contributed by atoms with van der Waals surface area (Å²) in [5.74, 6) is 6.08. The van der Waals surface area contributed by atoms with Crippen molar-refractivity contribution in [2.45, 2.75) is 13.5 Å². The molecule has 0 atom stereocenters. The molecule has 0 aliphatic heterocycles. The molecule has 1 aromatic carbocycles. The minimum Gasteiger partial charge on any atom is -0.482 e. The molecule has 7 nitrogen and oxygen atoms in total. The van der Waals surface area contributed by atoms with Gasteiger partial charge in [-0.1, -0.05) is 18.2 Å². The fourth-order valence-electron chi connectivity index (χ4n) is 1.80. The minimum absolute atomic E-state index is 0.0591. The van der Waals surface area contributed by atoms with E-state index in [-0.39, 0.29) is 18.0 Å². The molecule has 0 unspecified atom stereocenters. The van der Waals surface area contributed by atoms with Gasteiger partial charge in [-0.15, -0.1) is 0 Å². The summed E-state index contributed by atoms with van der Waals surface area (Å²) in [5, 5.41) is 11.0. The van der Waals surface area contributed by atoms with E-state index in [4.69, 9.17) is 10.6 Å². The van der Waals surface area contributed by atoms with Gasteiger partial charge in [0, 0.05) is 17.8 Å². The SMILES string of the molecule is Cc1cccc([N+](=O)[O-])c1OCc1cccnc1NN. The molecule has 2 aromatic rings. The molecule has 0 saturated carbocycles. The van der Waals surface area contributed by atoms with Crippen molar-refractivity contribution in [2.75, 3.05) is 5.43 Å². The summed E-state index contributed by atoms with van der Waals surface area (Å²) in [6, 6.07) is 8.32. The Bertz CT molecular complexity index is 631. The molecule has 2 rings (SSSR count). The lowest BCUT2D eigenvalue weighted by Crippen LogP contribution is -2.12. The Morgan fingerprint density at radius 1 is 1.40 bits per heavy atom. The average Bonchev–Trinajstić information content (AvgIpc) is 2.46. The fourth-order valence-corrected chi connectivity index (χ4v) is 1.80. The quantitative estimate of drug-likeness (QED) is 0.492. The Hall–Kier alpha value is -2.67. The molecule has 20 heavy (non-hydrogen) atoms. The van der Waals surface area contributed by atoms with Gasteiger partial charge in [0.05, 0.1) is 4.92 Å². The second-order valence-corrected chi connectivity index (χ2v) is 4.12. The highest BCUT2D eigenvalue weighted by Gasteiger charge is 2.17. The Balaban J connectivity index is 2.25. The summed E-state index contributed by atoms with van der Waals surface area (Å²) in [6.07, 6.45) is 1.59. The maximum absolute atomic E-state index is 11.0. The van der Waals surface area contributed by atoms with Gasteiger partial charge in [0.15, 0.2) is 5.75 Å². The van der Waals surface area contributed by atoms with Crippen LogP contribution in [0.4, 0.5) is 11.5 Å². The second-order valence-electron chi connectivity index (χ2n) is 4.12. The topological polar surface area (TPSA) is 103 Å². The number of para-hydroxylation sites is 1. The number of nitrogens with one attached hydrogen (secondary N) is 1. The molecule has 0 spiro atoms. The molecule has 104 valence electrons. The van der Waals surface area contributed by atoms with Crippen LogP contribution in [0, 0.1) is 17.0 Å². The molecule has 1 heterocycles. The lowest BCUT2D eigenvalue weighted by Gasteiger charge is -2.11. The molecule has 7 heteroatoms. The van der Waals surface area contributed by atoms with Crippen LogP contribution in [0.5, 0.6) is 5.75 Å². The molecule has 0 bridgehead atoms. The number of nitrogens with zero attached hydrogens (tertiary/aromatic N) is 2. The van der Waals surface area contributed by atoms with Gasteiger partial charge in [-0.05, 0) is 18.6 Å². The summed E-state index contributed by atoms with van der Waals surface area (Å²) in [4.78, 5) is 14.6. The zero-order valence-corrected chi connectivity index (χ0v) is 10.9. The summed E-state index contributed by atoms with van der Waals surface area (Å²) in [5.41, 5.74) is 3.81. The standard InChI is InChI=1S/C13H14N4O3/c1-9-4-2-6-11(17(18)19)12(9)20-8-10-5-3-7-15-13(10)16-14/h2-7H,8,14H2,1H3,(H,15,16). The van der Waals surface area contributed by atoms with Gasteiger partial charge in [-0.2, -0.15) is 0 Å². The van der Waals surface area contributed by atoms with Gasteiger partial charge in [-0.3, -0.25) is 10.1 Å². The van der Waals surface area contributed by atoms with E-state index in [1.165, 1.54) is 6.07 Å². The Morgan fingerprint density at radius 2 is 2.20 bits per heavy atom. The van der Waals surface area contributed by atoms with E-state index in [1.807, 2.05) is 0 Å². The lowest BCUT2D eigenvalue weighted by molar-refractivity contribution is -0.386. The number of rotatable bonds is 5. The van der Waals surface area contributed by atoms with Crippen molar-refractivity contribution >= 4 is 11.5 Å². The van der Waals surface area contributed by atoms with Crippen LogP contribution in [-0.4, -0.2) is 9.91 Å². The van der Waals surface area contributed by atoms with Gasteiger partial charge in [0.2, 0.25) is 0 Å². The van der Waals surface area contributed by atoms with Crippen molar-refractivity contribution in [1.29, 1.82) is 0 Å². The van der Waals surface area contributed by atoms with E-state index in [0.29, 0.717) is 16.9 Å². The highest BCUT2D eigenvalue weighted by Crippen LogP contribution is 2.31. The number of aryl methyl sites for hydroxylation is 1. The van der Waals surface area contributed by atoms with Gasteiger partial charge < -0.3 is 10.2 Å². The zero-order chi connectivity index (χ0) is 14.5. The van der Waals surface area contributed by atoms with E-state index in [2.05, 4.69) is 10.4 Å². The van der Waals surface area contributed by atoms with Gasteiger partial charge in [0.25, 0.3) is 0 Å². The van der Waals surface area contributed by atoms with E-state index in [0.717, 1.165) is 0 Å². The molecule has 3 N–H and O–H groups in total. The lowest BCUT2D eigenvalue weighted by atomic mass is 10.2. The number of pyridine rings is 1. The number of hydrogen-bond donors (Lipinski definition) is 2. The number of benzene rings is 1. The molecule has 0 saturated heterocycles. The molecule has 1 aromatic heterocycles. The number of anilines is 1. The number of hydrogen-bond acceptors (Lipinski definition) is 6. The molecule has 0 aliphatic carbocycles. The van der Waals surface area contributed by atoms with Gasteiger partial charge in [-0.25, -0.2) is 10.8 Å². The Morgan fingerprint density at radius 3 is 2.90 bits per heavy atom. The number of nitrogen functional groups attached to an aromatic ring is 1. The summed E-state index contributed by atoms with van der Waals surface area (Å²) < 4.78 is 5.58. The molecular weight excluding hydrogens is 260 g/mol. The maximum atomic E-state index is 11.0. The molecule has 0 aliphatic rings. The highest BCUT2D eigenvalue weighted by molar-refractivity contribution is 5.51. The van der Waals surface area contributed by atoms with Crippen molar-refractivity contribution in [3.8, 4) is 5.75 Å². The highest BCUT2D eigenvalue weighted by atomic mass is 16.6. The normalized spacial score (nSPS) is 10.1. The molecule has 0 radical (unpaired) electrons. The number of ether oxygens (including phenoxy) is 1. The van der Waals surface area contributed by atoms with Crippen LogP contribution in [0.3, 0.4) is 0 Å². The van der Waals surface area contributed by atoms with Crippen molar-refractivity contribution in [2.24, 2.45) is 5.84 Å². The maximum Gasteiger partial charge on any atom is 0.311 e. The number of nitro groups is 1. The summed E-state index contributed by atoms with van der Waals surface area (Å²) in [6.45, 7) is 1.90. The van der Waals surface area contributed by atoms with E-state index in [1.54, 1.807) is 37.4 Å². The third-order valence-electron chi connectivity index (χ3n) is 2.79. The number of hydrazine groups is 1. The van der Waals surface area contributed by atoms with Crippen LogP contribution in [0.15, 0.2) is 36.5 Å². The van der Waals surface area contributed by atoms with Crippen LogP contribution in [0.25, 0.3) is 0 Å². The minimum atomic E-state index is -0.465. The first-order valence-electron chi connectivity index (χ1n) is 5.90. The number of aromatic nitrogens is 1. The third kappa shape index (κ3) is 2.83. The predicted octanol–water partition coefficient (Wildman–Crippen LogP) is 2.16. The molecule has 0 fully saturated rings. The first-order chi connectivity index (χ1) is 9.63. The van der Waals surface area contributed by atoms with Crippen molar-refractivity contribution in [1.82, 2.24) is 4.98 Å². The fraction of sp³-hybridized carbons (Fsp3) is 0.154. The third-order valence-corrected chi connectivity index (χ3v) is 2.79. The van der Waals surface area contributed by atoms with Gasteiger partial charge >= 0.3 is 5.69 Å². The van der Waals surface area contributed by atoms with Crippen LogP contribution < -0.4 is 16.0 Å². The van der Waals surface area contributed by atoms with E-state index < -0.39 is 4.92 Å². The van der Waals surface area contributed by atoms with Crippen LogP contribution in [0.2, 0.25) is 0 Å². The molecule has 0 amide bonds. The van der Waals surface area contributed by atoms with E-state index in [9.17, 15) is 10.1 Å². The molecular formula is C13H14N4O3. The van der Waals surface area contributed by atoms with Crippen LogP contribution >= 0.6 is 0 Å². The first-order valence-corrected chi connectivity index (χ1v) is 5.90. The van der Waals surface area contributed by atoms with Gasteiger partial charge in [0.1, 0.15) is 12.4 Å². The first kappa shape index (κ1) is 13.8. The smallest absolute Gasteiger partial charge is 0.311 e. The van der Waals surface area contributed by atoms with E-state index >= 15 is 0 Å². The largest absolute Gasteiger partial charge is 0.482 e. The zero-order valence-electron chi connectivity index (χ0n) is 10.9.